The fourth-order valence-corrected chi connectivity index (χ4v) is 0.658. The Morgan fingerprint density at radius 3 is 2.71 bits per heavy atom. The van der Waals surface area contributed by atoms with E-state index in [1.54, 1.807) is 11.8 Å². The van der Waals surface area contributed by atoms with Gasteiger partial charge in [0, 0.05) is 5.75 Å². The van der Waals surface area contributed by atoms with Crippen molar-refractivity contribution in [2.75, 3.05) is 12.0 Å². The van der Waals surface area contributed by atoms with Gasteiger partial charge in [0.15, 0.2) is 0 Å². The largest absolute Gasteiger partial charge is 0.298 e. The van der Waals surface area contributed by atoms with Gasteiger partial charge in [-0.1, -0.05) is 6.58 Å². The Labute approximate surface area is 47.8 Å². The average Bonchev–Trinajstić information content (AvgIpc) is 1.68. The van der Waals surface area contributed by atoms with E-state index in [0.717, 1.165) is 12.0 Å². The summed E-state index contributed by atoms with van der Waals surface area (Å²) in [6.45, 7) is 3.47. The van der Waals surface area contributed by atoms with Crippen LogP contribution in [-0.4, -0.2) is 18.3 Å². The molecular formula is C5H8OS. The fraction of sp³-hybridized carbons (Fsp3) is 0.400. The summed E-state index contributed by atoms with van der Waals surface area (Å²) in [6.07, 6.45) is 2.73. The Morgan fingerprint density at radius 2 is 2.57 bits per heavy atom. The smallest absolute Gasteiger partial charge is 0.146 e. The van der Waals surface area contributed by atoms with Crippen LogP contribution < -0.4 is 0 Å². The quantitative estimate of drug-likeness (QED) is 0.406. The Balaban J connectivity index is 3.17. The van der Waals surface area contributed by atoms with Gasteiger partial charge in [-0.15, -0.1) is 0 Å². The molecule has 0 spiro atoms. The lowest BCUT2D eigenvalue weighted by molar-refractivity contribution is -0.104. The molecule has 0 fully saturated rings. The molecule has 0 aliphatic heterocycles. The van der Waals surface area contributed by atoms with Crippen LogP contribution in [-0.2, 0) is 4.79 Å². The van der Waals surface area contributed by atoms with Gasteiger partial charge in [0.2, 0.25) is 0 Å². The first-order chi connectivity index (χ1) is 3.31. The zero-order valence-corrected chi connectivity index (χ0v) is 5.12. The molecule has 0 aliphatic rings. The van der Waals surface area contributed by atoms with E-state index in [0.29, 0.717) is 5.57 Å². The number of hydrogen-bond acceptors (Lipinski definition) is 2. The molecule has 0 aliphatic carbocycles. The molecule has 0 radical (unpaired) electrons. The monoisotopic (exact) mass is 116 g/mol. The Hall–Kier alpha value is -0.240. The molecule has 0 amide bonds. The van der Waals surface area contributed by atoms with Crippen LogP contribution in [0.1, 0.15) is 0 Å². The molecular weight excluding hydrogens is 108 g/mol. The molecule has 7 heavy (non-hydrogen) atoms. The van der Waals surface area contributed by atoms with Crippen LogP contribution in [0.2, 0.25) is 0 Å². The average molecular weight is 116 g/mol. The number of hydrogen-bond donors (Lipinski definition) is 0. The van der Waals surface area contributed by atoms with Crippen LogP contribution in [0.3, 0.4) is 0 Å². The third-order valence-corrected chi connectivity index (χ3v) is 1.16. The van der Waals surface area contributed by atoms with E-state index in [9.17, 15) is 4.79 Å². The Morgan fingerprint density at radius 1 is 2.00 bits per heavy atom. The maximum Gasteiger partial charge on any atom is 0.146 e. The second-order valence-corrected chi connectivity index (χ2v) is 2.08. The highest BCUT2D eigenvalue weighted by Gasteiger charge is 1.84. The molecule has 0 aromatic rings. The predicted octanol–water partition coefficient (Wildman–Crippen LogP) is 1.10. The third-order valence-electron chi connectivity index (χ3n) is 0.496. The number of carbonyl (C=O) groups excluding carboxylic acids is 1. The summed E-state index contributed by atoms with van der Waals surface area (Å²) in [5, 5.41) is 0. The van der Waals surface area contributed by atoms with E-state index < -0.39 is 0 Å². The molecule has 0 saturated heterocycles. The summed E-state index contributed by atoms with van der Waals surface area (Å²) in [4.78, 5) is 9.78. The second kappa shape index (κ2) is 3.93. The van der Waals surface area contributed by atoms with Gasteiger partial charge in [0.1, 0.15) is 6.29 Å². The van der Waals surface area contributed by atoms with Crippen LogP contribution in [0.25, 0.3) is 0 Å². The summed E-state index contributed by atoms with van der Waals surface area (Å²) in [5.41, 5.74) is 0.660. The molecule has 0 heterocycles. The van der Waals surface area contributed by atoms with E-state index >= 15 is 0 Å². The fourth-order valence-electron chi connectivity index (χ4n) is 0.219. The van der Waals surface area contributed by atoms with E-state index in [-0.39, 0.29) is 0 Å². The van der Waals surface area contributed by atoms with E-state index in [2.05, 4.69) is 6.58 Å². The first-order valence-electron chi connectivity index (χ1n) is 1.93. The summed E-state index contributed by atoms with van der Waals surface area (Å²) >= 11 is 1.60. The van der Waals surface area contributed by atoms with E-state index in [1.807, 2.05) is 6.26 Å². The second-order valence-electron chi connectivity index (χ2n) is 1.21. The van der Waals surface area contributed by atoms with Crippen molar-refractivity contribution in [3.8, 4) is 0 Å². The van der Waals surface area contributed by atoms with Crippen molar-refractivity contribution in [3.05, 3.63) is 12.2 Å². The molecule has 0 aromatic heterocycles. The van der Waals surface area contributed by atoms with Crippen LogP contribution in [0.15, 0.2) is 12.2 Å². The van der Waals surface area contributed by atoms with Crippen molar-refractivity contribution in [1.29, 1.82) is 0 Å². The van der Waals surface area contributed by atoms with Gasteiger partial charge in [-0.3, -0.25) is 4.79 Å². The molecule has 0 unspecified atom stereocenters. The Kier molecular flexibility index (Phi) is 3.80. The molecule has 0 rings (SSSR count). The van der Waals surface area contributed by atoms with Crippen molar-refractivity contribution in [3.63, 3.8) is 0 Å². The highest BCUT2D eigenvalue weighted by atomic mass is 32.2. The Bertz CT molecular complexity index is 78.1. The van der Waals surface area contributed by atoms with E-state index in [4.69, 9.17) is 0 Å². The van der Waals surface area contributed by atoms with Gasteiger partial charge in [-0.25, -0.2) is 0 Å². The zero-order valence-electron chi connectivity index (χ0n) is 4.31. The molecule has 0 bridgehead atoms. The van der Waals surface area contributed by atoms with Crippen molar-refractivity contribution >= 4 is 18.0 Å². The standard InChI is InChI=1S/C5H8OS/c1-5(3-6)4-7-2/h3H,1,4H2,2H3. The molecule has 0 N–H and O–H groups in total. The summed E-state index contributed by atoms with van der Waals surface area (Å²) in [6, 6.07) is 0. The van der Waals surface area contributed by atoms with Crippen molar-refractivity contribution in [2.45, 2.75) is 0 Å². The van der Waals surface area contributed by atoms with Gasteiger partial charge in [0.05, 0.1) is 0 Å². The minimum absolute atomic E-state index is 0.660. The predicted molar refractivity (Wildman–Crippen MR) is 33.6 cm³/mol. The van der Waals surface area contributed by atoms with Crippen LogP contribution in [0, 0.1) is 0 Å². The molecule has 2 heteroatoms. The normalized spacial score (nSPS) is 8.14. The lowest BCUT2D eigenvalue weighted by atomic mass is 10.4. The molecule has 0 aromatic carbocycles. The number of rotatable bonds is 3. The maximum absolute atomic E-state index is 9.78. The van der Waals surface area contributed by atoms with Crippen molar-refractivity contribution in [1.82, 2.24) is 0 Å². The van der Waals surface area contributed by atoms with Crippen LogP contribution >= 0.6 is 11.8 Å². The summed E-state index contributed by atoms with van der Waals surface area (Å²) in [5.74, 6) is 0.753. The third kappa shape index (κ3) is 3.59. The first kappa shape index (κ1) is 6.76. The van der Waals surface area contributed by atoms with E-state index in [1.165, 1.54) is 0 Å². The first-order valence-corrected chi connectivity index (χ1v) is 3.32. The number of carbonyl (C=O) groups is 1. The number of thioether (sulfide) groups is 1. The highest BCUT2D eigenvalue weighted by molar-refractivity contribution is 7.98. The molecule has 40 valence electrons. The topological polar surface area (TPSA) is 17.1 Å². The van der Waals surface area contributed by atoms with Crippen LogP contribution in [0.4, 0.5) is 0 Å². The molecule has 0 atom stereocenters. The summed E-state index contributed by atoms with van der Waals surface area (Å²) < 4.78 is 0. The number of aldehydes is 1. The lowest BCUT2D eigenvalue weighted by Gasteiger charge is -1.86. The zero-order chi connectivity index (χ0) is 5.70. The molecule has 0 saturated carbocycles. The lowest BCUT2D eigenvalue weighted by Crippen LogP contribution is -1.82. The van der Waals surface area contributed by atoms with Gasteiger partial charge in [-0.05, 0) is 11.8 Å². The minimum atomic E-state index is 0.660. The summed E-state index contributed by atoms with van der Waals surface area (Å²) in [7, 11) is 0. The SMILES string of the molecule is C=C(C=O)CSC. The van der Waals surface area contributed by atoms with Gasteiger partial charge < -0.3 is 0 Å². The molecule has 1 nitrogen and oxygen atoms in total. The van der Waals surface area contributed by atoms with Gasteiger partial charge >= 0.3 is 0 Å². The van der Waals surface area contributed by atoms with Gasteiger partial charge in [0.25, 0.3) is 0 Å². The minimum Gasteiger partial charge on any atom is -0.298 e. The van der Waals surface area contributed by atoms with Crippen molar-refractivity contribution < 1.29 is 4.79 Å². The van der Waals surface area contributed by atoms with Crippen molar-refractivity contribution in [2.24, 2.45) is 0 Å². The van der Waals surface area contributed by atoms with Crippen LogP contribution in [0.5, 0.6) is 0 Å². The highest BCUT2D eigenvalue weighted by Crippen LogP contribution is 1.96. The van der Waals surface area contributed by atoms with Gasteiger partial charge in [-0.2, -0.15) is 11.8 Å². The maximum atomic E-state index is 9.78.